The van der Waals surface area contributed by atoms with Crippen LogP contribution >= 0.6 is 0 Å². The van der Waals surface area contributed by atoms with Crippen LogP contribution in [0, 0.1) is 0 Å². The normalized spacial score (nSPS) is 17.7. The van der Waals surface area contributed by atoms with Gasteiger partial charge in [0, 0.05) is 25.4 Å². The molecular weight excluding hydrogens is 314 g/mol. The Kier molecular flexibility index (Phi) is 4.43. The molecule has 1 aliphatic rings. The van der Waals surface area contributed by atoms with Gasteiger partial charge < -0.3 is 4.74 Å². The summed E-state index contributed by atoms with van der Waals surface area (Å²) in [6, 6.07) is 9.95. The van der Waals surface area contributed by atoms with Gasteiger partial charge in [-0.1, -0.05) is 18.2 Å². The van der Waals surface area contributed by atoms with Crippen LogP contribution in [0.1, 0.15) is 30.1 Å². The van der Waals surface area contributed by atoms with Crippen LogP contribution in [0.3, 0.4) is 0 Å². The van der Waals surface area contributed by atoms with Crippen molar-refractivity contribution in [1.29, 1.82) is 0 Å². The Morgan fingerprint density at radius 3 is 2.84 bits per heavy atom. The molecule has 0 unspecified atom stereocenters. The molecule has 0 spiro atoms. The molecule has 6 heteroatoms. The minimum atomic E-state index is 0.270. The minimum absolute atomic E-state index is 0.270. The van der Waals surface area contributed by atoms with Crippen LogP contribution in [0.25, 0.3) is 0 Å². The number of hydrogen-bond acceptors (Lipinski definition) is 5. The summed E-state index contributed by atoms with van der Waals surface area (Å²) >= 11 is 0. The Morgan fingerprint density at radius 1 is 1.16 bits per heavy atom. The molecule has 0 radical (unpaired) electrons. The molecule has 3 aromatic rings. The number of likely N-dealkylation sites (tertiary alicyclic amines) is 1. The highest BCUT2D eigenvalue weighted by atomic mass is 16.5. The monoisotopic (exact) mass is 335 g/mol. The summed E-state index contributed by atoms with van der Waals surface area (Å²) in [6.45, 7) is 1.94. The van der Waals surface area contributed by atoms with Crippen LogP contribution in [0.5, 0.6) is 11.6 Å². The van der Waals surface area contributed by atoms with E-state index in [1.807, 2.05) is 54.5 Å². The van der Waals surface area contributed by atoms with E-state index in [1.54, 1.807) is 6.20 Å². The van der Waals surface area contributed by atoms with Gasteiger partial charge in [0.25, 0.3) is 0 Å². The molecule has 1 aliphatic heterocycles. The van der Waals surface area contributed by atoms with E-state index >= 15 is 0 Å². The highest BCUT2D eigenvalue weighted by Gasteiger charge is 2.28. The van der Waals surface area contributed by atoms with Crippen molar-refractivity contribution in [3.8, 4) is 11.6 Å². The second kappa shape index (κ2) is 7.03. The van der Waals surface area contributed by atoms with Gasteiger partial charge >= 0.3 is 0 Å². The quantitative estimate of drug-likeness (QED) is 0.716. The zero-order valence-corrected chi connectivity index (χ0v) is 14.2. The van der Waals surface area contributed by atoms with Gasteiger partial charge in [0.15, 0.2) is 0 Å². The topological polar surface area (TPSA) is 56.1 Å². The number of benzene rings is 1. The maximum Gasteiger partial charge on any atom is 0.238 e. The lowest BCUT2D eigenvalue weighted by Crippen LogP contribution is -2.23. The van der Waals surface area contributed by atoms with E-state index in [0.29, 0.717) is 5.88 Å². The maximum atomic E-state index is 5.83. The van der Waals surface area contributed by atoms with Crippen molar-refractivity contribution in [2.24, 2.45) is 7.05 Å². The van der Waals surface area contributed by atoms with E-state index in [4.69, 9.17) is 9.72 Å². The summed E-state index contributed by atoms with van der Waals surface area (Å²) in [4.78, 5) is 11.5. The molecule has 128 valence electrons. The number of hydrogen-bond donors (Lipinski definition) is 0. The smallest absolute Gasteiger partial charge is 0.238 e. The summed E-state index contributed by atoms with van der Waals surface area (Å²) in [5.74, 6) is 1.31. The summed E-state index contributed by atoms with van der Waals surface area (Å²) in [5.41, 5.74) is 2.19. The Hall–Kier alpha value is -2.73. The first kappa shape index (κ1) is 15.8. The number of rotatable bonds is 5. The number of para-hydroxylation sites is 1. The molecule has 25 heavy (non-hydrogen) atoms. The van der Waals surface area contributed by atoms with Gasteiger partial charge in [-0.15, -0.1) is 0 Å². The second-order valence-electron chi connectivity index (χ2n) is 6.35. The molecule has 0 aliphatic carbocycles. The highest BCUT2D eigenvalue weighted by Crippen LogP contribution is 2.32. The molecule has 2 aromatic heterocycles. The van der Waals surface area contributed by atoms with Crippen molar-refractivity contribution >= 4 is 0 Å². The molecular formula is C19H21N5O. The summed E-state index contributed by atoms with van der Waals surface area (Å²) < 4.78 is 7.67. The summed E-state index contributed by atoms with van der Waals surface area (Å²) in [5, 5.41) is 4.26. The van der Waals surface area contributed by atoms with Gasteiger partial charge in [-0.05, 0) is 31.5 Å². The maximum absolute atomic E-state index is 5.83. The minimum Gasteiger partial charge on any atom is -0.437 e. The Morgan fingerprint density at radius 2 is 2.04 bits per heavy atom. The lowest BCUT2D eigenvalue weighted by atomic mass is 10.1. The molecule has 0 saturated carbocycles. The molecule has 1 fully saturated rings. The standard InChI is InChI=1S/C19H21N5O/c1-23-13-15(10-21-23)14-24-9-5-8-18(24)17-11-20-12-19(22-17)25-16-6-3-2-4-7-16/h2-4,6-7,10-13,18H,5,8-9,14H2,1H3/t18-/m1/s1. The fraction of sp³-hybridized carbons (Fsp3) is 0.316. The van der Waals surface area contributed by atoms with E-state index < -0.39 is 0 Å². The van der Waals surface area contributed by atoms with Crippen LogP contribution in [0.4, 0.5) is 0 Å². The highest BCUT2D eigenvalue weighted by molar-refractivity contribution is 5.26. The van der Waals surface area contributed by atoms with E-state index in [1.165, 1.54) is 5.56 Å². The van der Waals surface area contributed by atoms with Crippen LogP contribution in [-0.4, -0.2) is 31.2 Å². The molecule has 1 atom stereocenters. The van der Waals surface area contributed by atoms with Crippen LogP contribution < -0.4 is 4.74 Å². The van der Waals surface area contributed by atoms with Crippen molar-refractivity contribution in [2.45, 2.75) is 25.4 Å². The predicted octanol–water partition coefficient (Wildman–Crippen LogP) is 3.34. The van der Waals surface area contributed by atoms with Gasteiger partial charge in [0.2, 0.25) is 5.88 Å². The molecule has 1 aromatic carbocycles. The third-order valence-corrected chi connectivity index (χ3v) is 4.45. The van der Waals surface area contributed by atoms with Crippen LogP contribution in [-0.2, 0) is 13.6 Å². The predicted molar refractivity (Wildman–Crippen MR) is 94.1 cm³/mol. The Bertz CT molecular complexity index is 833. The van der Waals surface area contributed by atoms with Gasteiger partial charge in [-0.3, -0.25) is 14.6 Å². The first-order valence-electron chi connectivity index (χ1n) is 8.54. The number of nitrogens with zero attached hydrogens (tertiary/aromatic N) is 5. The van der Waals surface area contributed by atoms with Crippen molar-refractivity contribution in [1.82, 2.24) is 24.6 Å². The van der Waals surface area contributed by atoms with E-state index in [0.717, 1.165) is 37.4 Å². The van der Waals surface area contributed by atoms with Crippen LogP contribution in [0.15, 0.2) is 55.1 Å². The molecule has 0 bridgehead atoms. The van der Waals surface area contributed by atoms with Gasteiger partial charge in [-0.25, -0.2) is 4.98 Å². The number of aromatic nitrogens is 4. The second-order valence-corrected chi connectivity index (χ2v) is 6.35. The Balaban J connectivity index is 1.51. The molecule has 3 heterocycles. The third kappa shape index (κ3) is 3.69. The molecule has 0 amide bonds. The molecule has 4 rings (SSSR count). The molecule has 0 N–H and O–H groups in total. The SMILES string of the molecule is Cn1cc(CN2CCC[C@@H]2c2cncc(Oc3ccccc3)n2)cn1. The van der Waals surface area contributed by atoms with Crippen molar-refractivity contribution in [3.05, 3.63) is 66.4 Å². The van der Waals surface area contributed by atoms with Crippen molar-refractivity contribution in [2.75, 3.05) is 6.54 Å². The molecule has 6 nitrogen and oxygen atoms in total. The average molecular weight is 335 g/mol. The zero-order chi connectivity index (χ0) is 17.1. The van der Waals surface area contributed by atoms with Crippen molar-refractivity contribution in [3.63, 3.8) is 0 Å². The van der Waals surface area contributed by atoms with Gasteiger partial charge in [0.1, 0.15) is 5.75 Å². The van der Waals surface area contributed by atoms with Gasteiger partial charge in [-0.2, -0.15) is 5.10 Å². The van der Waals surface area contributed by atoms with E-state index in [9.17, 15) is 0 Å². The van der Waals surface area contributed by atoms with E-state index in [-0.39, 0.29) is 6.04 Å². The lowest BCUT2D eigenvalue weighted by Gasteiger charge is -2.23. The third-order valence-electron chi connectivity index (χ3n) is 4.45. The number of ether oxygens (including phenoxy) is 1. The zero-order valence-electron chi connectivity index (χ0n) is 14.2. The summed E-state index contributed by atoms with van der Waals surface area (Å²) in [6.07, 6.45) is 9.76. The van der Waals surface area contributed by atoms with E-state index in [2.05, 4.69) is 21.2 Å². The summed E-state index contributed by atoms with van der Waals surface area (Å²) in [7, 11) is 1.95. The lowest BCUT2D eigenvalue weighted by molar-refractivity contribution is 0.242. The fourth-order valence-electron chi connectivity index (χ4n) is 3.32. The first-order valence-corrected chi connectivity index (χ1v) is 8.54. The van der Waals surface area contributed by atoms with Gasteiger partial charge in [0.05, 0.1) is 30.3 Å². The van der Waals surface area contributed by atoms with Crippen LogP contribution in [0.2, 0.25) is 0 Å². The Labute approximate surface area is 147 Å². The average Bonchev–Trinajstić information content (AvgIpc) is 3.25. The molecule has 1 saturated heterocycles. The largest absolute Gasteiger partial charge is 0.437 e. The fourth-order valence-corrected chi connectivity index (χ4v) is 3.32. The first-order chi connectivity index (χ1) is 12.3. The van der Waals surface area contributed by atoms with Crippen molar-refractivity contribution < 1.29 is 4.74 Å². The number of aryl methyl sites for hydroxylation is 1.